The molecule has 0 unspecified atom stereocenters. The molecule has 0 fully saturated rings. The number of carboxylic acids is 1. The maximum absolute atomic E-state index is 11.4. The maximum atomic E-state index is 11.4. The van der Waals surface area contributed by atoms with E-state index in [2.05, 4.69) is 0 Å². The fraction of sp³-hybridized carbons (Fsp3) is 0.636. The van der Waals surface area contributed by atoms with Gasteiger partial charge >= 0.3 is 17.8 Å². The molecule has 2 amide bonds. The number of carboxylic acid groups (broad SMARTS) is 1. The van der Waals surface area contributed by atoms with E-state index in [1.54, 1.807) is 20.8 Å². The lowest BCUT2D eigenvalue weighted by atomic mass is 10.1. The first kappa shape index (κ1) is 16.9. The van der Waals surface area contributed by atoms with E-state index in [1.165, 1.54) is 0 Å². The Morgan fingerprint density at radius 3 is 2.16 bits per heavy atom. The van der Waals surface area contributed by atoms with Crippen LogP contribution in [0.25, 0.3) is 0 Å². The number of rotatable bonds is 5. The number of amides is 2. The highest BCUT2D eigenvalue weighted by atomic mass is 16.6. The van der Waals surface area contributed by atoms with Crippen molar-refractivity contribution in [3.8, 4) is 0 Å². The van der Waals surface area contributed by atoms with Crippen molar-refractivity contribution < 1.29 is 29.0 Å². The molecule has 8 heteroatoms. The zero-order valence-electron chi connectivity index (χ0n) is 11.1. The van der Waals surface area contributed by atoms with Gasteiger partial charge in [0, 0.05) is 6.42 Å². The van der Waals surface area contributed by atoms with Crippen molar-refractivity contribution in [1.29, 1.82) is 0 Å². The van der Waals surface area contributed by atoms with E-state index >= 15 is 0 Å². The number of carbonyl (C=O) groups is 4. The molecule has 0 heterocycles. The lowest BCUT2D eigenvalue weighted by Crippen LogP contribution is -2.46. The number of aliphatic carboxylic acids is 1. The van der Waals surface area contributed by atoms with E-state index in [0.29, 0.717) is 0 Å². The molecule has 0 aromatic rings. The van der Waals surface area contributed by atoms with Crippen LogP contribution in [0.15, 0.2) is 0 Å². The third-order valence-electron chi connectivity index (χ3n) is 1.87. The topological polar surface area (TPSA) is 136 Å². The van der Waals surface area contributed by atoms with Gasteiger partial charge < -0.3 is 20.9 Å². The molecule has 0 spiro atoms. The van der Waals surface area contributed by atoms with Crippen molar-refractivity contribution in [2.24, 2.45) is 5.73 Å². The third-order valence-corrected chi connectivity index (χ3v) is 1.87. The van der Waals surface area contributed by atoms with Gasteiger partial charge in [-0.3, -0.25) is 9.59 Å². The van der Waals surface area contributed by atoms with E-state index in [4.69, 9.17) is 15.6 Å². The molecule has 0 radical (unpaired) electrons. The molecule has 0 aromatic carbocycles. The van der Waals surface area contributed by atoms with Crippen LogP contribution in [-0.4, -0.2) is 40.5 Å². The first-order valence-corrected chi connectivity index (χ1v) is 5.58. The summed E-state index contributed by atoms with van der Waals surface area (Å²) in [6, 6.07) is -1.37. The van der Waals surface area contributed by atoms with E-state index in [-0.39, 0.29) is 12.8 Å². The number of primary amides is 1. The monoisotopic (exact) mass is 274 g/mol. The fourth-order valence-electron chi connectivity index (χ4n) is 1.09. The summed E-state index contributed by atoms with van der Waals surface area (Å²) in [6.45, 7) is 4.71. The van der Waals surface area contributed by atoms with Gasteiger partial charge in [-0.15, -0.1) is 0 Å². The van der Waals surface area contributed by atoms with Crippen molar-refractivity contribution in [3.63, 3.8) is 0 Å². The van der Waals surface area contributed by atoms with Gasteiger partial charge in [0.15, 0.2) is 0 Å². The summed E-state index contributed by atoms with van der Waals surface area (Å²) in [7, 11) is 0. The normalized spacial score (nSPS) is 12.4. The van der Waals surface area contributed by atoms with Crippen molar-refractivity contribution in [1.82, 2.24) is 5.32 Å². The van der Waals surface area contributed by atoms with Gasteiger partial charge in [0.1, 0.15) is 11.6 Å². The Labute approximate surface area is 110 Å². The minimum Gasteiger partial charge on any atom is -0.480 e. The Morgan fingerprint density at radius 2 is 1.79 bits per heavy atom. The standard InChI is InChI=1S/C11H18N2O6/c1-11(2,3)19-10(18)8(15)13-6(9(16)17)4-5-7(12)14/h6H,4-5H2,1-3H3,(H2,12,14)(H,13,15)(H,16,17)/t6-/m0/s1. The summed E-state index contributed by atoms with van der Waals surface area (Å²) in [5.74, 6) is -4.42. The van der Waals surface area contributed by atoms with E-state index in [9.17, 15) is 19.2 Å². The Balaban J connectivity index is 4.51. The number of esters is 1. The average Bonchev–Trinajstić information content (AvgIpc) is 2.20. The molecular weight excluding hydrogens is 256 g/mol. The SMILES string of the molecule is CC(C)(C)OC(=O)C(=O)N[C@@H](CCC(N)=O)C(=O)O. The first-order valence-electron chi connectivity index (χ1n) is 5.58. The molecular formula is C11H18N2O6. The molecule has 0 aliphatic heterocycles. The Kier molecular flexibility index (Phi) is 5.97. The van der Waals surface area contributed by atoms with Gasteiger partial charge in [0.05, 0.1) is 0 Å². The number of nitrogens with two attached hydrogens (primary N) is 1. The predicted octanol–water partition coefficient (Wildman–Crippen LogP) is -0.837. The van der Waals surface area contributed by atoms with Crippen molar-refractivity contribution in [3.05, 3.63) is 0 Å². The van der Waals surface area contributed by atoms with Crippen LogP contribution in [0.3, 0.4) is 0 Å². The van der Waals surface area contributed by atoms with Gasteiger partial charge in [-0.25, -0.2) is 9.59 Å². The van der Waals surface area contributed by atoms with Crippen LogP contribution in [0, 0.1) is 0 Å². The minimum atomic E-state index is -1.37. The Bertz CT molecular complexity index is 385. The third kappa shape index (κ3) is 7.74. The quantitative estimate of drug-likeness (QED) is 0.442. The second-order valence-electron chi connectivity index (χ2n) is 4.87. The second-order valence-corrected chi connectivity index (χ2v) is 4.87. The summed E-state index contributed by atoms with van der Waals surface area (Å²) < 4.78 is 4.77. The summed E-state index contributed by atoms with van der Waals surface area (Å²) in [5, 5.41) is 10.8. The molecule has 108 valence electrons. The lowest BCUT2D eigenvalue weighted by molar-refractivity contribution is -0.164. The molecule has 0 aliphatic rings. The van der Waals surface area contributed by atoms with Crippen LogP contribution >= 0.6 is 0 Å². The molecule has 19 heavy (non-hydrogen) atoms. The summed E-state index contributed by atoms with van der Waals surface area (Å²) >= 11 is 0. The molecule has 1 atom stereocenters. The van der Waals surface area contributed by atoms with Gasteiger partial charge in [-0.2, -0.15) is 0 Å². The average molecular weight is 274 g/mol. The molecule has 0 aromatic heterocycles. The number of carbonyl (C=O) groups excluding carboxylic acids is 3. The summed E-state index contributed by atoms with van der Waals surface area (Å²) in [5.41, 5.74) is 4.02. The van der Waals surface area contributed by atoms with E-state index < -0.39 is 35.4 Å². The molecule has 0 bridgehead atoms. The van der Waals surface area contributed by atoms with Gasteiger partial charge in [0.25, 0.3) is 0 Å². The van der Waals surface area contributed by atoms with Gasteiger partial charge in [-0.1, -0.05) is 0 Å². The predicted molar refractivity (Wildman–Crippen MR) is 63.8 cm³/mol. The van der Waals surface area contributed by atoms with Crippen LogP contribution in [-0.2, 0) is 23.9 Å². The van der Waals surface area contributed by atoms with E-state index in [1.807, 2.05) is 5.32 Å². The maximum Gasteiger partial charge on any atom is 0.397 e. The molecule has 0 rings (SSSR count). The molecule has 4 N–H and O–H groups in total. The zero-order valence-corrected chi connectivity index (χ0v) is 11.1. The number of hydrogen-bond acceptors (Lipinski definition) is 5. The smallest absolute Gasteiger partial charge is 0.397 e. The Morgan fingerprint density at radius 1 is 1.26 bits per heavy atom. The number of ether oxygens (including phenoxy) is 1. The second kappa shape index (κ2) is 6.72. The van der Waals surface area contributed by atoms with E-state index in [0.717, 1.165) is 0 Å². The summed E-state index contributed by atoms with van der Waals surface area (Å²) in [6.07, 6.45) is -0.412. The zero-order chi connectivity index (χ0) is 15.2. The molecule has 0 aliphatic carbocycles. The van der Waals surface area contributed by atoms with Crippen molar-refractivity contribution in [2.75, 3.05) is 0 Å². The first-order chi connectivity index (χ1) is 8.53. The highest BCUT2D eigenvalue weighted by Crippen LogP contribution is 2.07. The molecule has 0 saturated carbocycles. The fourth-order valence-corrected chi connectivity index (χ4v) is 1.09. The molecule has 8 nitrogen and oxygen atoms in total. The van der Waals surface area contributed by atoms with Gasteiger partial charge in [-0.05, 0) is 27.2 Å². The highest BCUT2D eigenvalue weighted by Gasteiger charge is 2.27. The van der Waals surface area contributed by atoms with Crippen LogP contribution in [0.5, 0.6) is 0 Å². The van der Waals surface area contributed by atoms with Crippen LogP contribution in [0.2, 0.25) is 0 Å². The van der Waals surface area contributed by atoms with Crippen molar-refractivity contribution >= 4 is 23.8 Å². The largest absolute Gasteiger partial charge is 0.480 e. The molecule has 0 saturated heterocycles. The van der Waals surface area contributed by atoms with Crippen LogP contribution in [0.4, 0.5) is 0 Å². The summed E-state index contributed by atoms with van der Waals surface area (Å²) in [4.78, 5) is 44.1. The Hall–Kier alpha value is -2.12. The minimum absolute atomic E-state index is 0.195. The van der Waals surface area contributed by atoms with Gasteiger partial charge in [0.2, 0.25) is 5.91 Å². The number of hydrogen-bond donors (Lipinski definition) is 3. The number of nitrogens with one attached hydrogen (secondary N) is 1. The van der Waals surface area contributed by atoms with Crippen LogP contribution in [0.1, 0.15) is 33.6 Å². The van der Waals surface area contributed by atoms with Crippen molar-refractivity contribution in [2.45, 2.75) is 45.3 Å². The highest BCUT2D eigenvalue weighted by molar-refractivity contribution is 6.33. The van der Waals surface area contributed by atoms with Crippen LogP contribution < -0.4 is 11.1 Å². The lowest BCUT2D eigenvalue weighted by Gasteiger charge is -2.20.